The number of fused-ring (bicyclic) bond motifs is 1. The molecular formula is C9H15N5O3. The monoisotopic (exact) mass is 241 g/mol. The van der Waals surface area contributed by atoms with Crippen LogP contribution in [-0.2, 0) is 0 Å². The first-order valence-electron chi connectivity index (χ1n) is 5.32. The Morgan fingerprint density at radius 3 is 2.76 bits per heavy atom. The first kappa shape index (κ1) is 11.7. The van der Waals surface area contributed by atoms with Gasteiger partial charge in [0.1, 0.15) is 5.69 Å². The lowest BCUT2D eigenvalue weighted by atomic mass is 10.3. The van der Waals surface area contributed by atoms with Crippen LogP contribution >= 0.6 is 0 Å². The van der Waals surface area contributed by atoms with Crippen LogP contribution < -0.4 is 21.5 Å². The van der Waals surface area contributed by atoms with E-state index in [4.69, 9.17) is 5.11 Å². The van der Waals surface area contributed by atoms with Crippen molar-refractivity contribution in [3.8, 4) is 0 Å². The molecule has 0 aliphatic carbocycles. The number of nitrogens with zero attached hydrogens (tertiary/aromatic N) is 1. The Morgan fingerprint density at radius 1 is 1.35 bits per heavy atom. The fraction of sp³-hybridized carbons (Fsp3) is 0.556. The van der Waals surface area contributed by atoms with Crippen molar-refractivity contribution in [3.63, 3.8) is 0 Å². The zero-order valence-electron chi connectivity index (χ0n) is 9.32. The second kappa shape index (κ2) is 4.60. The number of aliphatic hydroxyl groups excluding tert-OH is 2. The van der Waals surface area contributed by atoms with Crippen molar-refractivity contribution in [2.75, 3.05) is 29.0 Å². The lowest BCUT2D eigenvalue weighted by Crippen LogP contribution is -2.34. The molecule has 2 atom stereocenters. The van der Waals surface area contributed by atoms with Gasteiger partial charge in [0.2, 0.25) is 5.95 Å². The van der Waals surface area contributed by atoms with Gasteiger partial charge in [-0.2, -0.15) is 4.98 Å². The zero-order valence-corrected chi connectivity index (χ0v) is 9.32. The molecule has 0 aromatic carbocycles. The molecule has 2 heterocycles. The molecule has 0 saturated heterocycles. The van der Waals surface area contributed by atoms with Crippen LogP contribution in [0, 0.1) is 0 Å². The Kier molecular flexibility index (Phi) is 3.16. The minimum absolute atomic E-state index is 0.110. The van der Waals surface area contributed by atoms with E-state index in [1.165, 1.54) is 6.92 Å². The molecule has 2 rings (SSSR count). The average Bonchev–Trinajstić information content (AvgIpc) is 2.29. The van der Waals surface area contributed by atoms with E-state index >= 15 is 0 Å². The molecule has 6 N–H and O–H groups in total. The van der Waals surface area contributed by atoms with Gasteiger partial charge >= 0.3 is 0 Å². The number of hydrogen-bond donors (Lipinski definition) is 6. The third kappa shape index (κ3) is 2.48. The molecule has 2 unspecified atom stereocenters. The maximum atomic E-state index is 11.7. The number of aromatic amines is 1. The van der Waals surface area contributed by atoms with Crippen LogP contribution in [0.5, 0.6) is 0 Å². The number of nitrogens with one attached hydrogen (secondary N) is 4. The summed E-state index contributed by atoms with van der Waals surface area (Å²) in [7, 11) is 0. The highest BCUT2D eigenvalue weighted by atomic mass is 16.3. The molecule has 94 valence electrons. The van der Waals surface area contributed by atoms with E-state index in [2.05, 4.69) is 25.9 Å². The van der Waals surface area contributed by atoms with E-state index in [0.29, 0.717) is 24.6 Å². The van der Waals surface area contributed by atoms with Gasteiger partial charge in [-0.15, -0.1) is 0 Å². The second-order valence-corrected chi connectivity index (χ2v) is 3.82. The molecule has 0 amide bonds. The van der Waals surface area contributed by atoms with Crippen molar-refractivity contribution >= 4 is 17.5 Å². The van der Waals surface area contributed by atoms with Gasteiger partial charge < -0.3 is 26.2 Å². The molecular weight excluding hydrogens is 226 g/mol. The molecule has 8 heteroatoms. The molecule has 0 saturated carbocycles. The van der Waals surface area contributed by atoms with E-state index in [1.54, 1.807) is 0 Å². The first-order valence-corrected chi connectivity index (χ1v) is 5.32. The van der Waals surface area contributed by atoms with E-state index in [9.17, 15) is 9.90 Å². The molecule has 1 aliphatic rings. The molecule has 1 aromatic rings. The van der Waals surface area contributed by atoms with Crippen molar-refractivity contribution in [2.45, 2.75) is 19.3 Å². The second-order valence-electron chi connectivity index (χ2n) is 3.82. The molecule has 0 bridgehead atoms. The summed E-state index contributed by atoms with van der Waals surface area (Å²) in [6.07, 6.45) is -2.16. The minimum Gasteiger partial charge on any atom is -0.389 e. The number of rotatable bonds is 3. The van der Waals surface area contributed by atoms with Gasteiger partial charge in [0.15, 0.2) is 12.0 Å². The molecule has 0 radical (unpaired) electrons. The fourth-order valence-corrected chi connectivity index (χ4v) is 1.46. The number of aromatic nitrogens is 2. The van der Waals surface area contributed by atoms with Gasteiger partial charge in [0, 0.05) is 13.1 Å². The zero-order chi connectivity index (χ0) is 12.4. The topological polar surface area (TPSA) is 122 Å². The Hall–Kier alpha value is -1.80. The van der Waals surface area contributed by atoms with E-state index in [1.807, 2.05) is 0 Å². The Labute approximate surface area is 97.1 Å². The molecule has 17 heavy (non-hydrogen) atoms. The Morgan fingerprint density at radius 2 is 2.06 bits per heavy atom. The molecule has 0 spiro atoms. The highest BCUT2D eigenvalue weighted by molar-refractivity contribution is 5.66. The highest BCUT2D eigenvalue weighted by Gasteiger charge is 2.17. The standard InChI is InChI=1S/C9H15N5O3/c1-4(15)7(16)13-9-12-6-5(8(17)14-9)10-2-3-11-6/h4,7,10,15-16H,2-3H2,1H3,(H3,11,12,13,14,17). The lowest BCUT2D eigenvalue weighted by Gasteiger charge is -2.20. The summed E-state index contributed by atoms with van der Waals surface area (Å²) in [5.41, 5.74) is 0.0517. The van der Waals surface area contributed by atoms with Gasteiger partial charge in [-0.25, -0.2) is 0 Å². The molecule has 8 nitrogen and oxygen atoms in total. The molecule has 0 fully saturated rings. The molecule has 1 aliphatic heterocycles. The predicted molar refractivity (Wildman–Crippen MR) is 63.1 cm³/mol. The van der Waals surface area contributed by atoms with Gasteiger partial charge in [-0.3, -0.25) is 9.78 Å². The maximum Gasteiger partial charge on any atom is 0.277 e. The van der Waals surface area contributed by atoms with Crippen molar-refractivity contribution < 1.29 is 10.2 Å². The molecule has 1 aromatic heterocycles. The van der Waals surface area contributed by atoms with Gasteiger partial charge in [0.25, 0.3) is 5.56 Å². The van der Waals surface area contributed by atoms with Crippen molar-refractivity contribution in [1.29, 1.82) is 0 Å². The average molecular weight is 241 g/mol. The first-order chi connectivity index (χ1) is 8.08. The van der Waals surface area contributed by atoms with Crippen molar-refractivity contribution in [1.82, 2.24) is 9.97 Å². The van der Waals surface area contributed by atoms with Crippen LogP contribution in [0.3, 0.4) is 0 Å². The van der Waals surface area contributed by atoms with Crippen LogP contribution in [0.2, 0.25) is 0 Å². The highest BCUT2D eigenvalue weighted by Crippen LogP contribution is 2.17. The smallest absolute Gasteiger partial charge is 0.277 e. The van der Waals surface area contributed by atoms with Crippen LogP contribution in [0.15, 0.2) is 4.79 Å². The van der Waals surface area contributed by atoms with Gasteiger partial charge in [-0.05, 0) is 6.92 Å². The van der Waals surface area contributed by atoms with Crippen molar-refractivity contribution in [2.24, 2.45) is 0 Å². The summed E-state index contributed by atoms with van der Waals surface area (Å²) < 4.78 is 0. The quantitative estimate of drug-likeness (QED) is 0.364. The Balaban J connectivity index is 2.25. The summed E-state index contributed by atoms with van der Waals surface area (Å²) in [6.45, 7) is 2.75. The maximum absolute atomic E-state index is 11.7. The van der Waals surface area contributed by atoms with Crippen LogP contribution in [-0.4, -0.2) is 45.6 Å². The SMILES string of the molecule is CC(O)C(O)Nc1nc2c(c(=O)[nH]1)NCCN2. The third-order valence-electron chi connectivity index (χ3n) is 2.38. The number of hydrogen-bond acceptors (Lipinski definition) is 7. The van der Waals surface area contributed by atoms with Gasteiger partial charge in [0.05, 0.1) is 6.10 Å². The van der Waals surface area contributed by atoms with E-state index in [0.717, 1.165) is 0 Å². The van der Waals surface area contributed by atoms with Crippen LogP contribution in [0.25, 0.3) is 0 Å². The van der Waals surface area contributed by atoms with Crippen molar-refractivity contribution in [3.05, 3.63) is 10.4 Å². The van der Waals surface area contributed by atoms with Gasteiger partial charge in [-0.1, -0.05) is 0 Å². The number of anilines is 3. The summed E-state index contributed by atoms with van der Waals surface area (Å²) >= 11 is 0. The lowest BCUT2D eigenvalue weighted by molar-refractivity contribution is 0.0491. The number of H-pyrrole nitrogens is 1. The third-order valence-corrected chi connectivity index (χ3v) is 2.38. The largest absolute Gasteiger partial charge is 0.389 e. The normalized spacial score (nSPS) is 17.4. The fourth-order valence-electron chi connectivity index (χ4n) is 1.46. The summed E-state index contributed by atoms with van der Waals surface area (Å²) in [5, 5.41) is 26.9. The summed E-state index contributed by atoms with van der Waals surface area (Å²) in [4.78, 5) is 18.2. The summed E-state index contributed by atoms with van der Waals surface area (Å²) in [5.74, 6) is 0.540. The van der Waals surface area contributed by atoms with E-state index < -0.39 is 12.3 Å². The number of aliphatic hydroxyl groups is 2. The van der Waals surface area contributed by atoms with E-state index in [-0.39, 0.29) is 11.5 Å². The predicted octanol–water partition coefficient (Wildman–Crippen LogP) is -1.28. The van der Waals surface area contributed by atoms with Crippen LogP contribution in [0.1, 0.15) is 6.92 Å². The summed E-state index contributed by atoms with van der Waals surface area (Å²) in [6, 6.07) is 0. The minimum atomic E-state index is -1.19. The van der Waals surface area contributed by atoms with Crippen LogP contribution in [0.4, 0.5) is 17.5 Å². The Bertz CT molecular complexity index is 458.